The van der Waals surface area contributed by atoms with Crippen LogP contribution in [0.5, 0.6) is 0 Å². The summed E-state index contributed by atoms with van der Waals surface area (Å²) in [7, 11) is 0. The Bertz CT molecular complexity index is 973. The van der Waals surface area contributed by atoms with E-state index < -0.39 is 5.54 Å². The van der Waals surface area contributed by atoms with Crippen LogP contribution in [0.15, 0.2) is 12.1 Å². The minimum absolute atomic E-state index is 0.0269. The van der Waals surface area contributed by atoms with Crippen LogP contribution in [-0.2, 0) is 22.5 Å². The van der Waals surface area contributed by atoms with E-state index in [0.29, 0.717) is 31.8 Å². The largest absolute Gasteiger partial charge is 0.379 e. The van der Waals surface area contributed by atoms with Crippen molar-refractivity contribution in [1.82, 2.24) is 14.8 Å². The maximum Gasteiger partial charge on any atom is 0.271 e. The summed E-state index contributed by atoms with van der Waals surface area (Å²) in [4.78, 5) is 30.4. The van der Waals surface area contributed by atoms with Gasteiger partial charge in [-0.3, -0.25) is 9.59 Å². The summed E-state index contributed by atoms with van der Waals surface area (Å²) in [6, 6.07) is 4.41. The zero-order valence-corrected chi connectivity index (χ0v) is 20.7. The number of hydrogen-bond acceptors (Lipinski definition) is 4. The molecule has 1 aliphatic carbocycles. The molecular formula is C25H37N3O3S. The van der Waals surface area contributed by atoms with Gasteiger partial charge in [-0.25, -0.2) is 0 Å². The van der Waals surface area contributed by atoms with E-state index in [1.165, 1.54) is 11.3 Å². The number of fused-ring (bicyclic) bond motifs is 3. The zero-order chi connectivity index (χ0) is 22.9. The van der Waals surface area contributed by atoms with Crippen LogP contribution in [0.3, 0.4) is 0 Å². The number of ether oxygens (including phenoxy) is 1. The van der Waals surface area contributed by atoms with E-state index in [1.807, 2.05) is 26.8 Å². The summed E-state index contributed by atoms with van der Waals surface area (Å²) in [6.07, 6.45) is 7.47. The number of thiophene rings is 1. The van der Waals surface area contributed by atoms with Gasteiger partial charge in [-0.15, -0.1) is 11.3 Å². The standard InChI is InChI=1S/C25H37N3O3S/c1-5-19-14-20-22(32-19)15-21-23(29)28(12-9-13-31-17(2)3)25(4,16-27(20)21)24(30)26-18-10-7-6-8-11-18/h14-15,17-18H,5-13,16H2,1-4H3,(H,26,30). The molecule has 6 nitrogen and oxygen atoms in total. The van der Waals surface area contributed by atoms with Gasteiger partial charge >= 0.3 is 0 Å². The molecule has 2 aromatic heterocycles. The van der Waals surface area contributed by atoms with E-state index in [2.05, 4.69) is 22.9 Å². The van der Waals surface area contributed by atoms with Crippen molar-refractivity contribution >= 4 is 33.4 Å². The van der Waals surface area contributed by atoms with Gasteiger partial charge in [0.15, 0.2) is 0 Å². The summed E-state index contributed by atoms with van der Waals surface area (Å²) in [6.45, 7) is 9.69. The van der Waals surface area contributed by atoms with Gasteiger partial charge < -0.3 is 19.5 Å². The number of amides is 2. The monoisotopic (exact) mass is 459 g/mol. The molecular weight excluding hydrogens is 422 g/mol. The lowest BCUT2D eigenvalue weighted by atomic mass is 9.91. The molecule has 0 saturated heterocycles. The normalized spacial score (nSPS) is 22.0. The Balaban J connectivity index is 1.63. The number of aryl methyl sites for hydroxylation is 1. The Morgan fingerprint density at radius 1 is 1.28 bits per heavy atom. The summed E-state index contributed by atoms with van der Waals surface area (Å²) in [5.74, 6) is -0.0792. The van der Waals surface area contributed by atoms with Crippen molar-refractivity contribution in [2.45, 2.75) is 96.9 Å². The van der Waals surface area contributed by atoms with Crippen LogP contribution in [-0.4, -0.2) is 52.1 Å². The van der Waals surface area contributed by atoms with Gasteiger partial charge in [-0.1, -0.05) is 26.2 Å². The molecule has 1 fully saturated rings. The second kappa shape index (κ2) is 9.56. The van der Waals surface area contributed by atoms with Crippen LogP contribution in [0.25, 0.3) is 10.2 Å². The minimum Gasteiger partial charge on any atom is -0.379 e. The molecule has 3 heterocycles. The van der Waals surface area contributed by atoms with Gasteiger partial charge in [0.1, 0.15) is 11.2 Å². The Labute approximate surface area is 195 Å². The fourth-order valence-electron chi connectivity index (χ4n) is 5.04. The highest BCUT2D eigenvalue weighted by Crippen LogP contribution is 2.36. The Morgan fingerprint density at radius 3 is 2.72 bits per heavy atom. The number of rotatable bonds is 8. The highest BCUT2D eigenvalue weighted by atomic mass is 32.1. The lowest BCUT2D eigenvalue weighted by Gasteiger charge is -2.45. The first kappa shape index (κ1) is 23.3. The summed E-state index contributed by atoms with van der Waals surface area (Å²) in [5.41, 5.74) is 0.857. The number of carbonyl (C=O) groups excluding carboxylic acids is 2. The van der Waals surface area contributed by atoms with Gasteiger partial charge in [-0.05, 0) is 58.6 Å². The molecule has 2 amide bonds. The van der Waals surface area contributed by atoms with Gasteiger partial charge in [0.25, 0.3) is 5.91 Å². The van der Waals surface area contributed by atoms with E-state index in [4.69, 9.17) is 4.74 Å². The molecule has 1 unspecified atom stereocenters. The van der Waals surface area contributed by atoms with Gasteiger partial charge in [-0.2, -0.15) is 0 Å². The second-order valence-corrected chi connectivity index (χ2v) is 10.9. The summed E-state index contributed by atoms with van der Waals surface area (Å²) in [5, 5.41) is 3.30. The van der Waals surface area contributed by atoms with Crippen LogP contribution in [0.4, 0.5) is 0 Å². The first-order valence-electron chi connectivity index (χ1n) is 12.2. The molecule has 2 aliphatic rings. The lowest BCUT2D eigenvalue weighted by molar-refractivity contribution is -0.134. The van der Waals surface area contributed by atoms with E-state index in [1.54, 1.807) is 16.2 Å². The Morgan fingerprint density at radius 2 is 2.03 bits per heavy atom. The number of carbonyl (C=O) groups is 2. The van der Waals surface area contributed by atoms with Crippen molar-refractivity contribution in [1.29, 1.82) is 0 Å². The van der Waals surface area contributed by atoms with Crippen molar-refractivity contribution in [2.75, 3.05) is 13.2 Å². The maximum atomic E-state index is 13.7. The number of aromatic nitrogens is 1. The first-order valence-corrected chi connectivity index (χ1v) is 13.0. The van der Waals surface area contributed by atoms with E-state index in [-0.39, 0.29) is 24.0 Å². The highest BCUT2D eigenvalue weighted by molar-refractivity contribution is 7.19. The van der Waals surface area contributed by atoms with Gasteiger partial charge in [0.05, 0.1) is 22.9 Å². The fraction of sp³-hybridized carbons (Fsp3) is 0.680. The van der Waals surface area contributed by atoms with Crippen molar-refractivity contribution in [2.24, 2.45) is 0 Å². The van der Waals surface area contributed by atoms with Crippen molar-refractivity contribution in [3.63, 3.8) is 0 Å². The highest BCUT2D eigenvalue weighted by Gasteiger charge is 2.48. The molecule has 7 heteroatoms. The molecule has 4 rings (SSSR count). The van der Waals surface area contributed by atoms with Crippen LogP contribution in [0, 0.1) is 0 Å². The molecule has 1 atom stereocenters. The summed E-state index contributed by atoms with van der Waals surface area (Å²) >= 11 is 1.74. The molecule has 1 aliphatic heterocycles. The maximum absolute atomic E-state index is 13.7. The Hall–Kier alpha value is -1.86. The molecule has 0 aromatic carbocycles. The molecule has 32 heavy (non-hydrogen) atoms. The fourth-order valence-corrected chi connectivity index (χ4v) is 6.08. The van der Waals surface area contributed by atoms with Crippen molar-refractivity contribution in [3.05, 3.63) is 22.7 Å². The third kappa shape index (κ3) is 4.46. The number of nitrogens with zero attached hydrogens (tertiary/aromatic N) is 2. The topological polar surface area (TPSA) is 63.6 Å². The lowest BCUT2D eigenvalue weighted by Crippen LogP contribution is -2.65. The third-order valence-corrected chi connectivity index (χ3v) is 8.14. The van der Waals surface area contributed by atoms with Crippen molar-refractivity contribution in [3.8, 4) is 0 Å². The van der Waals surface area contributed by atoms with Crippen LogP contribution >= 0.6 is 11.3 Å². The quantitative estimate of drug-likeness (QED) is 0.580. The van der Waals surface area contributed by atoms with Crippen LogP contribution < -0.4 is 5.32 Å². The third-order valence-electron chi connectivity index (χ3n) is 6.92. The first-order chi connectivity index (χ1) is 15.3. The average Bonchev–Trinajstić information content (AvgIpc) is 3.32. The number of hydrogen-bond donors (Lipinski definition) is 1. The van der Waals surface area contributed by atoms with Gasteiger partial charge in [0.2, 0.25) is 5.91 Å². The minimum atomic E-state index is -0.917. The number of nitrogens with one attached hydrogen (secondary N) is 1. The zero-order valence-electron chi connectivity index (χ0n) is 19.9. The van der Waals surface area contributed by atoms with E-state index in [9.17, 15) is 9.59 Å². The molecule has 176 valence electrons. The Kier molecular flexibility index (Phi) is 6.96. The molecule has 2 aromatic rings. The second-order valence-electron chi connectivity index (χ2n) is 9.74. The van der Waals surface area contributed by atoms with E-state index >= 15 is 0 Å². The van der Waals surface area contributed by atoms with Crippen molar-refractivity contribution < 1.29 is 14.3 Å². The SMILES string of the molecule is CCc1cc2c(cc3n2CC(C)(C(=O)NC2CCCCC2)N(CCCOC(C)C)C3=O)s1. The van der Waals surface area contributed by atoms with Crippen LogP contribution in [0.1, 0.15) is 81.6 Å². The summed E-state index contributed by atoms with van der Waals surface area (Å²) < 4.78 is 8.91. The molecule has 1 saturated carbocycles. The van der Waals surface area contributed by atoms with E-state index in [0.717, 1.165) is 42.3 Å². The van der Waals surface area contributed by atoms with Crippen LogP contribution in [0.2, 0.25) is 0 Å². The predicted molar refractivity (Wildman–Crippen MR) is 129 cm³/mol. The molecule has 0 spiro atoms. The van der Waals surface area contributed by atoms with Gasteiger partial charge in [0, 0.05) is 24.1 Å². The molecule has 0 bridgehead atoms. The molecule has 0 radical (unpaired) electrons. The predicted octanol–water partition coefficient (Wildman–Crippen LogP) is 4.74. The average molecular weight is 460 g/mol. The molecule has 1 N–H and O–H groups in total. The smallest absolute Gasteiger partial charge is 0.271 e.